The summed E-state index contributed by atoms with van der Waals surface area (Å²) in [7, 11) is 0. The molecule has 2 atom stereocenters. The van der Waals surface area contributed by atoms with Crippen LogP contribution >= 0.6 is 23.4 Å². The molecule has 0 aliphatic carbocycles. The molecule has 0 aliphatic rings. The topological polar surface area (TPSA) is 61.0 Å². The average Bonchev–Trinajstić information content (AvgIpc) is 2.52. The second kappa shape index (κ2) is 7.99. The number of rotatable bonds is 7. The number of nitrogens with two attached hydrogens (primary N) is 1. The fourth-order valence-corrected chi connectivity index (χ4v) is 2.97. The summed E-state index contributed by atoms with van der Waals surface area (Å²) in [5, 5.41) is 2.28. The molecule has 0 saturated heterocycles. The molecule has 0 amide bonds. The Morgan fingerprint density at radius 3 is 2.77 bits per heavy atom. The minimum atomic E-state index is -0.0727. The second-order valence-corrected chi connectivity index (χ2v) is 6.67. The molecule has 2 unspecified atom stereocenters. The monoisotopic (exact) mass is 339 g/mol. The zero-order chi connectivity index (χ0) is 16.1. The summed E-state index contributed by atoms with van der Waals surface area (Å²) in [5.74, 6) is 1.65. The first kappa shape index (κ1) is 17.3. The summed E-state index contributed by atoms with van der Waals surface area (Å²) in [6.07, 6.45) is 7.51. The van der Waals surface area contributed by atoms with Crippen molar-refractivity contribution in [3.05, 3.63) is 29.2 Å². The van der Waals surface area contributed by atoms with E-state index in [2.05, 4.69) is 23.1 Å². The summed E-state index contributed by atoms with van der Waals surface area (Å²) < 4.78 is 5.99. The Hall–Kier alpha value is -1.04. The fourth-order valence-electron chi connectivity index (χ4n) is 2.25. The number of thioether (sulfide) groups is 1. The van der Waals surface area contributed by atoms with Crippen LogP contribution in [0.25, 0.3) is 10.8 Å². The van der Waals surface area contributed by atoms with Crippen LogP contribution in [0, 0.1) is 0 Å². The van der Waals surface area contributed by atoms with E-state index in [1.807, 2.05) is 24.8 Å². The van der Waals surface area contributed by atoms with Crippen LogP contribution in [0.5, 0.6) is 5.88 Å². The zero-order valence-corrected chi connectivity index (χ0v) is 14.7. The van der Waals surface area contributed by atoms with Crippen molar-refractivity contribution < 1.29 is 4.74 Å². The molecule has 2 heterocycles. The van der Waals surface area contributed by atoms with E-state index >= 15 is 0 Å². The quantitative estimate of drug-likeness (QED) is 0.765. The number of hydrogen-bond acceptors (Lipinski definition) is 5. The fraction of sp³-hybridized carbons (Fsp3) is 0.500. The highest BCUT2D eigenvalue weighted by atomic mass is 35.5. The van der Waals surface area contributed by atoms with Crippen LogP contribution in [-0.4, -0.2) is 28.1 Å². The highest BCUT2D eigenvalue weighted by Gasteiger charge is 2.15. The average molecular weight is 340 g/mol. The van der Waals surface area contributed by atoms with Gasteiger partial charge in [0, 0.05) is 18.4 Å². The van der Waals surface area contributed by atoms with Crippen LogP contribution in [0.3, 0.4) is 0 Å². The minimum absolute atomic E-state index is 0.0727. The molecule has 0 bridgehead atoms. The molecule has 6 heteroatoms. The van der Waals surface area contributed by atoms with Gasteiger partial charge in [0.25, 0.3) is 0 Å². The maximum absolute atomic E-state index is 6.18. The first-order valence-corrected chi connectivity index (χ1v) is 9.19. The molecule has 0 aliphatic heterocycles. The highest BCUT2D eigenvalue weighted by Crippen LogP contribution is 2.31. The lowest BCUT2D eigenvalue weighted by molar-refractivity contribution is 0.213. The molecule has 0 fully saturated rings. The Labute approximate surface area is 140 Å². The van der Waals surface area contributed by atoms with E-state index < -0.39 is 0 Å². The van der Waals surface area contributed by atoms with Crippen molar-refractivity contribution in [3.63, 3.8) is 0 Å². The molecule has 2 aromatic rings. The maximum atomic E-state index is 6.18. The number of aromatic nitrogens is 2. The lowest BCUT2D eigenvalue weighted by Gasteiger charge is -2.18. The van der Waals surface area contributed by atoms with Gasteiger partial charge in [-0.25, -0.2) is 9.97 Å². The van der Waals surface area contributed by atoms with Gasteiger partial charge in [-0.15, -0.1) is 0 Å². The molecule has 4 nitrogen and oxygen atoms in total. The third-order valence-electron chi connectivity index (χ3n) is 3.61. The van der Waals surface area contributed by atoms with Gasteiger partial charge in [-0.3, -0.25) is 0 Å². The number of ether oxygens (including phenoxy) is 1. The van der Waals surface area contributed by atoms with Crippen molar-refractivity contribution in [3.8, 4) is 5.88 Å². The lowest BCUT2D eigenvalue weighted by atomic mass is 10.0. The van der Waals surface area contributed by atoms with Crippen LogP contribution in [0.1, 0.15) is 38.3 Å². The molecule has 2 rings (SSSR count). The third kappa shape index (κ3) is 4.03. The highest BCUT2D eigenvalue weighted by molar-refractivity contribution is 7.98. The molecule has 0 saturated carbocycles. The first-order valence-electron chi connectivity index (χ1n) is 7.42. The molecular formula is C16H22ClN3OS. The van der Waals surface area contributed by atoms with E-state index in [9.17, 15) is 0 Å². The SMILES string of the molecule is CCC(N)c1cnc(OC(C)CCSC)c2cnc(Cl)cc12. The number of halogens is 1. The number of pyridine rings is 2. The number of nitrogens with zero attached hydrogens (tertiary/aromatic N) is 2. The van der Waals surface area contributed by atoms with Gasteiger partial charge in [0.1, 0.15) is 5.15 Å². The summed E-state index contributed by atoms with van der Waals surface area (Å²) in [6.45, 7) is 4.10. The van der Waals surface area contributed by atoms with Crippen molar-refractivity contribution in [1.29, 1.82) is 0 Å². The molecule has 0 radical (unpaired) electrons. The van der Waals surface area contributed by atoms with E-state index in [0.29, 0.717) is 11.0 Å². The van der Waals surface area contributed by atoms with E-state index in [0.717, 1.165) is 34.9 Å². The molecule has 120 valence electrons. The van der Waals surface area contributed by atoms with Gasteiger partial charge in [-0.1, -0.05) is 18.5 Å². The van der Waals surface area contributed by atoms with E-state index in [-0.39, 0.29) is 12.1 Å². The lowest BCUT2D eigenvalue weighted by Crippen LogP contribution is -2.15. The van der Waals surface area contributed by atoms with E-state index in [4.69, 9.17) is 22.1 Å². The summed E-state index contributed by atoms with van der Waals surface area (Å²) in [5.41, 5.74) is 7.16. The molecule has 2 N–H and O–H groups in total. The summed E-state index contributed by atoms with van der Waals surface area (Å²) >= 11 is 7.86. The Bertz CT molecular complexity index is 638. The zero-order valence-electron chi connectivity index (χ0n) is 13.2. The van der Waals surface area contributed by atoms with E-state index in [1.165, 1.54) is 0 Å². The van der Waals surface area contributed by atoms with Gasteiger partial charge in [-0.2, -0.15) is 11.8 Å². The third-order valence-corrected chi connectivity index (χ3v) is 4.46. The van der Waals surface area contributed by atoms with Gasteiger partial charge in [0.05, 0.1) is 11.5 Å². The van der Waals surface area contributed by atoms with Crippen LogP contribution in [-0.2, 0) is 0 Å². The standard InChI is InChI=1S/C16H22ClN3OS/c1-4-14(18)12-8-20-16(21-10(2)5-6-22-3)13-9-19-15(17)7-11(12)13/h7-10,14H,4-6,18H2,1-3H3. The van der Waals surface area contributed by atoms with Crippen molar-refractivity contribution in [2.75, 3.05) is 12.0 Å². The Morgan fingerprint density at radius 2 is 2.09 bits per heavy atom. The Balaban J connectivity index is 2.40. The number of hydrogen-bond donors (Lipinski definition) is 1. The predicted molar refractivity (Wildman–Crippen MR) is 94.9 cm³/mol. The van der Waals surface area contributed by atoms with Gasteiger partial charge in [0.2, 0.25) is 5.88 Å². The molecule has 0 spiro atoms. The van der Waals surface area contributed by atoms with Crippen LogP contribution in [0.4, 0.5) is 0 Å². The Kier molecular flexibility index (Phi) is 6.29. The number of fused-ring (bicyclic) bond motifs is 1. The molecule has 0 aromatic carbocycles. The Morgan fingerprint density at radius 1 is 1.32 bits per heavy atom. The smallest absolute Gasteiger partial charge is 0.223 e. The minimum Gasteiger partial charge on any atom is -0.474 e. The van der Waals surface area contributed by atoms with Crippen molar-refractivity contribution in [1.82, 2.24) is 9.97 Å². The predicted octanol–water partition coefficient (Wildman–Crippen LogP) is 4.21. The summed E-state index contributed by atoms with van der Waals surface area (Å²) in [6, 6.07) is 1.76. The largest absolute Gasteiger partial charge is 0.474 e. The van der Waals surface area contributed by atoms with Crippen molar-refractivity contribution >= 4 is 34.1 Å². The van der Waals surface area contributed by atoms with Crippen LogP contribution in [0.15, 0.2) is 18.5 Å². The van der Waals surface area contributed by atoms with Crippen LogP contribution < -0.4 is 10.5 Å². The summed E-state index contributed by atoms with van der Waals surface area (Å²) in [4.78, 5) is 8.63. The van der Waals surface area contributed by atoms with Gasteiger partial charge < -0.3 is 10.5 Å². The van der Waals surface area contributed by atoms with Gasteiger partial charge in [-0.05, 0) is 48.8 Å². The molecule has 2 aromatic heterocycles. The maximum Gasteiger partial charge on any atom is 0.223 e. The molecule has 22 heavy (non-hydrogen) atoms. The van der Waals surface area contributed by atoms with E-state index in [1.54, 1.807) is 12.4 Å². The van der Waals surface area contributed by atoms with Crippen molar-refractivity contribution in [2.24, 2.45) is 5.73 Å². The first-order chi connectivity index (χ1) is 10.6. The second-order valence-electron chi connectivity index (χ2n) is 5.30. The molecular weight excluding hydrogens is 318 g/mol. The normalized spacial score (nSPS) is 14.0. The van der Waals surface area contributed by atoms with Crippen molar-refractivity contribution in [2.45, 2.75) is 38.8 Å². The van der Waals surface area contributed by atoms with Crippen LogP contribution in [0.2, 0.25) is 5.15 Å². The van der Waals surface area contributed by atoms with Gasteiger partial charge >= 0.3 is 0 Å². The van der Waals surface area contributed by atoms with Gasteiger partial charge in [0.15, 0.2) is 0 Å².